The lowest BCUT2D eigenvalue weighted by atomic mass is 10.0. The molecule has 0 saturated heterocycles. The van der Waals surface area contributed by atoms with E-state index in [0.717, 1.165) is 18.5 Å². The molecule has 0 aliphatic carbocycles. The zero-order valence-electron chi connectivity index (χ0n) is 11.7. The SMILES string of the molecule is CCCC(=O)N1Cc2ccc(C(N)COC)cc2C1. The maximum Gasteiger partial charge on any atom is 0.223 e. The van der Waals surface area contributed by atoms with Crippen molar-refractivity contribution in [1.82, 2.24) is 4.90 Å². The highest BCUT2D eigenvalue weighted by Crippen LogP contribution is 2.26. The van der Waals surface area contributed by atoms with E-state index in [1.54, 1.807) is 7.11 Å². The highest BCUT2D eigenvalue weighted by atomic mass is 16.5. The number of rotatable bonds is 5. The number of fused-ring (bicyclic) bond motifs is 1. The van der Waals surface area contributed by atoms with Crippen molar-refractivity contribution in [3.8, 4) is 0 Å². The van der Waals surface area contributed by atoms with Crippen LogP contribution in [0.4, 0.5) is 0 Å². The summed E-state index contributed by atoms with van der Waals surface area (Å²) in [5.74, 6) is 0.237. The smallest absolute Gasteiger partial charge is 0.223 e. The minimum absolute atomic E-state index is 0.101. The standard InChI is InChI=1S/C15H22N2O2/c1-3-4-15(18)17-8-12-6-5-11(7-13(12)9-17)14(16)10-19-2/h5-7,14H,3-4,8-10,16H2,1-2H3. The van der Waals surface area contributed by atoms with Crippen molar-refractivity contribution >= 4 is 5.91 Å². The molecule has 1 aromatic carbocycles. The Morgan fingerprint density at radius 1 is 1.42 bits per heavy atom. The fourth-order valence-corrected chi connectivity index (χ4v) is 2.47. The number of carbonyl (C=O) groups is 1. The summed E-state index contributed by atoms with van der Waals surface area (Å²) in [4.78, 5) is 13.8. The molecule has 0 bridgehead atoms. The molecule has 1 unspecified atom stereocenters. The lowest BCUT2D eigenvalue weighted by Crippen LogP contribution is -2.24. The highest BCUT2D eigenvalue weighted by Gasteiger charge is 2.23. The Hall–Kier alpha value is -1.39. The largest absolute Gasteiger partial charge is 0.383 e. The molecule has 1 aliphatic rings. The van der Waals surface area contributed by atoms with Crippen molar-refractivity contribution in [2.45, 2.75) is 38.9 Å². The molecule has 2 rings (SSSR count). The molecule has 2 N–H and O–H groups in total. The Labute approximate surface area is 114 Å². The van der Waals surface area contributed by atoms with Crippen LogP contribution in [0.2, 0.25) is 0 Å². The van der Waals surface area contributed by atoms with E-state index in [9.17, 15) is 4.79 Å². The van der Waals surface area contributed by atoms with Crippen molar-refractivity contribution in [1.29, 1.82) is 0 Å². The van der Waals surface area contributed by atoms with Gasteiger partial charge in [-0.05, 0) is 23.1 Å². The van der Waals surface area contributed by atoms with E-state index < -0.39 is 0 Å². The molecule has 0 radical (unpaired) electrons. The van der Waals surface area contributed by atoms with E-state index in [0.29, 0.717) is 19.6 Å². The van der Waals surface area contributed by atoms with Crippen molar-refractivity contribution in [2.75, 3.05) is 13.7 Å². The first-order chi connectivity index (χ1) is 9.15. The molecule has 1 aliphatic heterocycles. The van der Waals surface area contributed by atoms with Crippen LogP contribution >= 0.6 is 0 Å². The van der Waals surface area contributed by atoms with Crippen LogP contribution in [0.25, 0.3) is 0 Å². The zero-order chi connectivity index (χ0) is 13.8. The van der Waals surface area contributed by atoms with Crippen LogP contribution in [0.1, 0.15) is 42.5 Å². The quantitative estimate of drug-likeness (QED) is 0.882. The Morgan fingerprint density at radius 3 is 2.84 bits per heavy atom. The molecule has 1 aromatic rings. The van der Waals surface area contributed by atoms with Crippen molar-refractivity contribution in [3.63, 3.8) is 0 Å². The molecular weight excluding hydrogens is 240 g/mol. The second-order valence-corrected chi connectivity index (χ2v) is 5.09. The molecule has 4 nitrogen and oxygen atoms in total. The summed E-state index contributed by atoms with van der Waals surface area (Å²) in [6.45, 7) is 3.98. The molecule has 104 valence electrons. The van der Waals surface area contributed by atoms with Gasteiger partial charge < -0.3 is 15.4 Å². The van der Waals surface area contributed by atoms with Gasteiger partial charge in [-0.2, -0.15) is 0 Å². The van der Waals surface area contributed by atoms with Gasteiger partial charge in [-0.25, -0.2) is 0 Å². The van der Waals surface area contributed by atoms with Gasteiger partial charge in [-0.15, -0.1) is 0 Å². The van der Waals surface area contributed by atoms with Gasteiger partial charge in [-0.3, -0.25) is 4.79 Å². The second kappa shape index (κ2) is 6.17. The fourth-order valence-electron chi connectivity index (χ4n) is 2.47. The first kappa shape index (κ1) is 14.0. The summed E-state index contributed by atoms with van der Waals surface area (Å²) in [7, 11) is 1.65. The zero-order valence-corrected chi connectivity index (χ0v) is 11.7. The number of ether oxygens (including phenoxy) is 1. The van der Waals surface area contributed by atoms with Crippen molar-refractivity contribution in [3.05, 3.63) is 34.9 Å². The number of benzene rings is 1. The molecular formula is C15H22N2O2. The second-order valence-electron chi connectivity index (χ2n) is 5.09. The predicted molar refractivity (Wildman–Crippen MR) is 74.4 cm³/mol. The van der Waals surface area contributed by atoms with E-state index in [4.69, 9.17) is 10.5 Å². The van der Waals surface area contributed by atoms with Gasteiger partial charge in [0, 0.05) is 26.6 Å². The Morgan fingerprint density at radius 2 is 2.16 bits per heavy atom. The van der Waals surface area contributed by atoms with Crippen LogP contribution in [0.3, 0.4) is 0 Å². The number of amides is 1. The Bertz CT molecular complexity index is 459. The van der Waals surface area contributed by atoms with Crippen LogP contribution in [-0.4, -0.2) is 24.5 Å². The first-order valence-electron chi connectivity index (χ1n) is 6.79. The van der Waals surface area contributed by atoms with Gasteiger partial charge in [0.15, 0.2) is 0 Å². The summed E-state index contributed by atoms with van der Waals surface area (Å²) >= 11 is 0. The highest BCUT2D eigenvalue weighted by molar-refractivity contribution is 5.76. The number of hydrogen-bond acceptors (Lipinski definition) is 3. The number of nitrogens with two attached hydrogens (primary N) is 1. The Kier molecular flexibility index (Phi) is 4.56. The average Bonchev–Trinajstić information content (AvgIpc) is 2.82. The fraction of sp³-hybridized carbons (Fsp3) is 0.533. The molecule has 0 aromatic heterocycles. The maximum atomic E-state index is 11.9. The third kappa shape index (κ3) is 3.14. The molecule has 0 fully saturated rings. The normalized spacial score (nSPS) is 15.4. The van der Waals surface area contributed by atoms with Gasteiger partial charge in [-0.1, -0.05) is 25.1 Å². The lowest BCUT2D eigenvalue weighted by Gasteiger charge is -2.14. The minimum atomic E-state index is -0.101. The van der Waals surface area contributed by atoms with E-state index >= 15 is 0 Å². The third-order valence-electron chi connectivity index (χ3n) is 3.54. The van der Waals surface area contributed by atoms with E-state index in [1.165, 1.54) is 11.1 Å². The Balaban J connectivity index is 2.09. The monoisotopic (exact) mass is 262 g/mol. The van der Waals surface area contributed by atoms with Crippen LogP contribution in [0.5, 0.6) is 0 Å². The van der Waals surface area contributed by atoms with Gasteiger partial charge in [0.2, 0.25) is 5.91 Å². The average molecular weight is 262 g/mol. The van der Waals surface area contributed by atoms with Crippen molar-refractivity contribution in [2.24, 2.45) is 5.73 Å². The molecule has 0 spiro atoms. The lowest BCUT2D eigenvalue weighted by molar-refractivity contribution is -0.131. The summed E-state index contributed by atoms with van der Waals surface area (Å²) in [5.41, 5.74) is 9.56. The van der Waals surface area contributed by atoms with Crippen molar-refractivity contribution < 1.29 is 9.53 Å². The minimum Gasteiger partial charge on any atom is -0.383 e. The van der Waals surface area contributed by atoms with Crippen LogP contribution in [0, 0.1) is 0 Å². The number of nitrogens with zero attached hydrogens (tertiary/aromatic N) is 1. The van der Waals surface area contributed by atoms with Gasteiger partial charge >= 0.3 is 0 Å². The molecule has 1 amide bonds. The maximum absolute atomic E-state index is 11.9. The van der Waals surface area contributed by atoms with Gasteiger partial charge in [0.25, 0.3) is 0 Å². The molecule has 4 heteroatoms. The van der Waals surface area contributed by atoms with Crippen LogP contribution < -0.4 is 5.73 Å². The van der Waals surface area contributed by atoms with Crippen LogP contribution in [0.15, 0.2) is 18.2 Å². The molecule has 1 atom stereocenters. The first-order valence-corrected chi connectivity index (χ1v) is 6.79. The molecule has 0 saturated carbocycles. The van der Waals surface area contributed by atoms with Gasteiger partial charge in [0.1, 0.15) is 0 Å². The van der Waals surface area contributed by atoms with E-state index in [1.807, 2.05) is 17.9 Å². The number of carbonyl (C=O) groups excluding carboxylic acids is 1. The number of hydrogen-bond donors (Lipinski definition) is 1. The van der Waals surface area contributed by atoms with Crippen LogP contribution in [-0.2, 0) is 22.6 Å². The van der Waals surface area contributed by atoms with E-state index in [2.05, 4.69) is 12.1 Å². The third-order valence-corrected chi connectivity index (χ3v) is 3.54. The number of methoxy groups -OCH3 is 1. The summed E-state index contributed by atoms with van der Waals surface area (Å²) < 4.78 is 5.08. The van der Waals surface area contributed by atoms with Gasteiger partial charge in [0.05, 0.1) is 12.6 Å². The van der Waals surface area contributed by atoms with E-state index in [-0.39, 0.29) is 11.9 Å². The molecule has 19 heavy (non-hydrogen) atoms. The predicted octanol–water partition coefficient (Wildman–Crippen LogP) is 1.98. The summed E-state index contributed by atoms with van der Waals surface area (Å²) in [5, 5.41) is 0. The topological polar surface area (TPSA) is 55.6 Å². The summed E-state index contributed by atoms with van der Waals surface area (Å²) in [6.07, 6.45) is 1.53. The molecule has 1 heterocycles. The summed E-state index contributed by atoms with van der Waals surface area (Å²) in [6, 6.07) is 6.13.